The number of nitrogens with zero attached hydrogens (tertiary/aromatic N) is 2. The molecule has 2 rings (SSSR count). The minimum Gasteiger partial charge on any atom is -0.409 e. The van der Waals surface area contributed by atoms with Crippen LogP contribution in [0.3, 0.4) is 0 Å². The van der Waals surface area contributed by atoms with Crippen molar-refractivity contribution in [2.24, 2.45) is 10.9 Å². The van der Waals surface area contributed by atoms with Crippen LogP contribution in [0.5, 0.6) is 0 Å². The van der Waals surface area contributed by atoms with Crippen molar-refractivity contribution in [2.45, 2.75) is 39.2 Å². The molecule has 1 atom stereocenters. The summed E-state index contributed by atoms with van der Waals surface area (Å²) in [4.78, 5) is 2.44. The van der Waals surface area contributed by atoms with Crippen LogP contribution in [0, 0.1) is 6.92 Å². The molecule has 1 aromatic carbocycles. The molecule has 18 heavy (non-hydrogen) atoms. The lowest BCUT2D eigenvalue weighted by Crippen LogP contribution is -2.37. The highest BCUT2D eigenvalue weighted by Crippen LogP contribution is 2.26. The summed E-state index contributed by atoms with van der Waals surface area (Å²) in [6.07, 6.45) is 3.82. The number of piperidine rings is 1. The van der Waals surface area contributed by atoms with Crippen molar-refractivity contribution >= 4 is 11.5 Å². The van der Waals surface area contributed by atoms with E-state index in [9.17, 15) is 0 Å². The van der Waals surface area contributed by atoms with Crippen LogP contribution in [0.4, 0.5) is 5.69 Å². The van der Waals surface area contributed by atoms with Crippen molar-refractivity contribution in [3.63, 3.8) is 0 Å². The molecule has 1 heterocycles. The van der Waals surface area contributed by atoms with Crippen LogP contribution in [-0.2, 0) is 0 Å². The first-order chi connectivity index (χ1) is 8.63. The van der Waals surface area contributed by atoms with E-state index < -0.39 is 0 Å². The van der Waals surface area contributed by atoms with Crippen LogP contribution in [0.25, 0.3) is 0 Å². The molecule has 0 bridgehead atoms. The molecule has 0 aromatic heterocycles. The zero-order valence-electron chi connectivity index (χ0n) is 11.1. The third-order valence-electron chi connectivity index (χ3n) is 3.73. The largest absolute Gasteiger partial charge is 0.409 e. The van der Waals surface area contributed by atoms with Gasteiger partial charge in [0, 0.05) is 23.8 Å². The predicted octanol–water partition coefficient (Wildman–Crippen LogP) is 2.47. The molecule has 4 nitrogen and oxygen atoms in total. The van der Waals surface area contributed by atoms with Gasteiger partial charge in [-0.15, -0.1) is 0 Å². The van der Waals surface area contributed by atoms with Crippen LogP contribution < -0.4 is 10.6 Å². The molecular weight excluding hydrogens is 226 g/mol. The Morgan fingerprint density at radius 1 is 1.44 bits per heavy atom. The number of hydrogen-bond donors (Lipinski definition) is 2. The number of nitrogens with two attached hydrogens (primary N) is 1. The molecule has 1 aliphatic heterocycles. The first-order valence-electron chi connectivity index (χ1n) is 6.48. The number of oxime groups is 1. The van der Waals surface area contributed by atoms with Gasteiger partial charge in [-0.3, -0.25) is 0 Å². The number of rotatable bonds is 2. The van der Waals surface area contributed by atoms with Crippen LogP contribution >= 0.6 is 0 Å². The second-order valence-corrected chi connectivity index (χ2v) is 5.02. The molecule has 0 saturated carbocycles. The third kappa shape index (κ3) is 2.42. The van der Waals surface area contributed by atoms with Gasteiger partial charge in [0.15, 0.2) is 5.84 Å². The molecule has 1 fully saturated rings. The number of anilines is 1. The lowest BCUT2D eigenvalue weighted by molar-refractivity contribution is 0.318. The van der Waals surface area contributed by atoms with Gasteiger partial charge in [0.2, 0.25) is 0 Å². The molecule has 0 radical (unpaired) electrons. The lowest BCUT2D eigenvalue weighted by atomic mass is 10.0. The van der Waals surface area contributed by atoms with E-state index in [0.717, 1.165) is 17.7 Å². The first kappa shape index (κ1) is 12.7. The molecule has 1 saturated heterocycles. The summed E-state index contributed by atoms with van der Waals surface area (Å²) in [7, 11) is 0. The predicted molar refractivity (Wildman–Crippen MR) is 74.3 cm³/mol. The van der Waals surface area contributed by atoms with Crippen molar-refractivity contribution < 1.29 is 5.21 Å². The summed E-state index contributed by atoms with van der Waals surface area (Å²) in [6.45, 7) is 5.38. The van der Waals surface area contributed by atoms with Gasteiger partial charge in [-0.1, -0.05) is 5.16 Å². The summed E-state index contributed by atoms with van der Waals surface area (Å²) in [5.41, 5.74) is 8.71. The van der Waals surface area contributed by atoms with Crippen LogP contribution in [0.1, 0.15) is 37.3 Å². The molecule has 3 N–H and O–H groups in total. The van der Waals surface area contributed by atoms with E-state index in [1.54, 1.807) is 0 Å². The van der Waals surface area contributed by atoms with E-state index in [0.29, 0.717) is 6.04 Å². The summed E-state index contributed by atoms with van der Waals surface area (Å²) >= 11 is 0. The second kappa shape index (κ2) is 5.29. The Morgan fingerprint density at radius 3 is 2.83 bits per heavy atom. The van der Waals surface area contributed by atoms with Gasteiger partial charge in [-0.05, 0) is 56.9 Å². The first-order valence-corrected chi connectivity index (χ1v) is 6.48. The molecule has 98 valence electrons. The number of benzene rings is 1. The molecule has 1 aliphatic rings. The van der Waals surface area contributed by atoms with E-state index in [-0.39, 0.29) is 5.84 Å². The minimum atomic E-state index is 0.172. The van der Waals surface area contributed by atoms with Gasteiger partial charge in [-0.25, -0.2) is 0 Å². The highest BCUT2D eigenvalue weighted by Gasteiger charge is 2.19. The van der Waals surface area contributed by atoms with Gasteiger partial charge in [0.05, 0.1) is 0 Å². The van der Waals surface area contributed by atoms with Gasteiger partial charge in [0.25, 0.3) is 0 Å². The average Bonchev–Trinajstić information content (AvgIpc) is 2.38. The molecule has 0 amide bonds. The smallest absolute Gasteiger partial charge is 0.170 e. The molecule has 4 heteroatoms. The fourth-order valence-electron chi connectivity index (χ4n) is 2.65. The van der Waals surface area contributed by atoms with E-state index in [2.05, 4.69) is 29.1 Å². The maximum atomic E-state index is 8.73. The third-order valence-corrected chi connectivity index (χ3v) is 3.73. The van der Waals surface area contributed by atoms with E-state index in [1.807, 2.05) is 13.0 Å². The Hall–Kier alpha value is -1.71. The fraction of sp³-hybridized carbons (Fsp3) is 0.500. The summed E-state index contributed by atoms with van der Waals surface area (Å²) in [6, 6.07) is 6.70. The van der Waals surface area contributed by atoms with E-state index >= 15 is 0 Å². The van der Waals surface area contributed by atoms with E-state index in [4.69, 9.17) is 10.9 Å². The van der Waals surface area contributed by atoms with Crippen molar-refractivity contribution in [2.75, 3.05) is 11.4 Å². The van der Waals surface area contributed by atoms with Crippen LogP contribution in [0.2, 0.25) is 0 Å². The average molecular weight is 247 g/mol. The summed E-state index contributed by atoms with van der Waals surface area (Å²) in [5.74, 6) is 0.172. The second-order valence-electron chi connectivity index (χ2n) is 5.02. The minimum absolute atomic E-state index is 0.172. The maximum Gasteiger partial charge on any atom is 0.170 e. The Balaban J connectivity index is 2.28. The molecular formula is C14H21N3O. The summed E-state index contributed by atoms with van der Waals surface area (Å²) < 4.78 is 0. The Kier molecular flexibility index (Phi) is 3.75. The van der Waals surface area contributed by atoms with Gasteiger partial charge >= 0.3 is 0 Å². The zero-order chi connectivity index (χ0) is 13.1. The van der Waals surface area contributed by atoms with Crippen molar-refractivity contribution in [3.8, 4) is 0 Å². The van der Waals surface area contributed by atoms with E-state index in [1.165, 1.54) is 24.9 Å². The molecule has 1 unspecified atom stereocenters. The molecule has 0 aliphatic carbocycles. The van der Waals surface area contributed by atoms with Crippen LogP contribution in [0.15, 0.2) is 23.4 Å². The Bertz CT molecular complexity index is 456. The summed E-state index contributed by atoms with van der Waals surface area (Å²) in [5, 5.41) is 11.8. The van der Waals surface area contributed by atoms with Crippen LogP contribution in [-0.4, -0.2) is 23.6 Å². The van der Waals surface area contributed by atoms with Gasteiger partial charge < -0.3 is 15.8 Å². The topological polar surface area (TPSA) is 61.8 Å². The standard InChI is InChI=1S/C14H21N3O/c1-10-9-12(6-7-13(10)14(15)16-18)17-8-4-3-5-11(17)2/h6-7,9,11,18H,3-5,8H2,1-2H3,(H2,15,16). The highest BCUT2D eigenvalue weighted by atomic mass is 16.4. The number of amidine groups is 1. The quantitative estimate of drug-likeness (QED) is 0.365. The Morgan fingerprint density at radius 2 is 2.22 bits per heavy atom. The highest BCUT2D eigenvalue weighted by molar-refractivity contribution is 5.98. The Labute approximate surface area is 108 Å². The van der Waals surface area contributed by atoms with Gasteiger partial charge in [-0.2, -0.15) is 0 Å². The lowest BCUT2D eigenvalue weighted by Gasteiger charge is -2.35. The zero-order valence-corrected chi connectivity index (χ0v) is 11.1. The SMILES string of the molecule is Cc1cc(N2CCCCC2C)ccc1/C(N)=N/O. The molecule has 0 spiro atoms. The van der Waals surface area contributed by atoms with Crippen molar-refractivity contribution in [1.82, 2.24) is 0 Å². The fourth-order valence-corrected chi connectivity index (χ4v) is 2.65. The molecule has 1 aromatic rings. The van der Waals surface area contributed by atoms with Gasteiger partial charge in [0.1, 0.15) is 0 Å². The monoisotopic (exact) mass is 247 g/mol. The number of aryl methyl sites for hydroxylation is 1. The normalized spacial score (nSPS) is 21.1. The van der Waals surface area contributed by atoms with Crippen molar-refractivity contribution in [3.05, 3.63) is 29.3 Å². The van der Waals surface area contributed by atoms with Crippen molar-refractivity contribution in [1.29, 1.82) is 0 Å². The number of hydrogen-bond acceptors (Lipinski definition) is 3. The maximum absolute atomic E-state index is 8.73.